The van der Waals surface area contributed by atoms with Crippen LogP contribution >= 0.6 is 24.8 Å². The number of H-pyrrole nitrogens is 1. The van der Waals surface area contributed by atoms with Crippen molar-refractivity contribution in [2.45, 2.75) is 32.9 Å². The molecule has 0 radical (unpaired) electrons. The summed E-state index contributed by atoms with van der Waals surface area (Å²) < 4.78 is 1.40. The van der Waals surface area contributed by atoms with Gasteiger partial charge in [-0.1, -0.05) is 6.92 Å². The maximum Gasteiger partial charge on any atom is 0.329 e. The SMILES string of the molecule is CCCn1c(=O)[nH]c(=O)c2cc(C(=O)NCC(C)NC)cnc21.Cl.Cl. The van der Waals surface area contributed by atoms with Crippen molar-refractivity contribution in [3.05, 3.63) is 38.7 Å². The van der Waals surface area contributed by atoms with Crippen LogP contribution in [-0.2, 0) is 6.54 Å². The van der Waals surface area contributed by atoms with Crippen molar-refractivity contribution >= 4 is 41.8 Å². The lowest BCUT2D eigenvalue weighted by Gasteiger charge is -2.12. The summed E-state index contributed by atoms with van der Waals surface area (Å²) in [4.78, 5) is 42.4. The molecule has 0 aliphatic rings. The van der Waals surface area contributed by atoms with Gasteiger partial charge >= 0.3 is 5.69 Å². The van der Waals surface area contributed by atoms with E-state index in [1.165, 1.54) is 16.8 Å². The summed E-state index contributed by atoms with van der Waals surface area (Å²) in [6.45, 7) is 4.77. The van der Waals surface area contributed by atoms with Crippen LogP contribution in [0.2, 0.25) is 0 Å². The minimum Gasteiger partial charge on any atom is -0.350 e. The molecular formula is C15H23Cl2N5O3. The summed E-state index contributed by atoms with van der Waals surface area (Å²) in [7, 11) is 1.81. The van der Waals surface area contributed by atoms with Crippen LogP contribution in [0.4, 0.5) is 0 Å². The molecule has 140 valence electrons. The quantitative estimate of drug-likeness (QED) is 0.670. The third-order valence-corrected chi connectivity index (χ3v) is 3.60. The Morgan fingerprint density at radius 3 is 2.64 bits per heavy atom. The predicted octanol–water partition coefficient (Wildman–Crippen LogP) is 0.676. The normalized spacial score (nSPS) is 11.3. The van der Waals surface area contributed by atoms with Crippen LogP contribution in [0.25, 0.3) is 11.0 Å². The number of carbonyl (C=O) groups excluding carboxylic acids is 1. The third kappa shape index (κ3) is 5.29. The van der Waals surface area contributed by atoms with Crippen molar-refractivity contribution in [2.75, 3.05) is 13.6 Å². The second-order valence-corrected chi connectivity index (χ2v) is 5.41. The summed E-state index contributed by atoms with van der Waals surface area (Å²) in [5.74, 6) is -0.311. The number of aromatic nitrogens is 3. The lowest BCUT2D eigenvalue weighted by molar-refractivity contribution is 0.0950. The number of hydrogen-bond donors (Lipinski definition) is 3. The van der Waals surface area contributed by atoms with E-state index in [2.05, 4.69) is 20.6 Å². The number of aromatic amines is 1. The van der Waals surface area contributed by atoms with E-state index >= 15 is 0 Å². The molecule has 0 spiro atoms. The molecule has 2 rings (SSSR count). The molecule has 0 aromatic carbocycles. The number of nitrogens with zero attached hydrogens (tertiary/aromatic N) is 2. The van der Waals surface area contributed by atoms with Crippen molar-refractivity contribution < 1.29 is 4.79 Å². The molecule has 2 aromatic rings. The number of rotatable bonds is 6. The molecule has 0 aliphatic heterocycles. The van der Waals surface area contributed by atoms with E-state index in [-0.39, 0.29) is 47.7 Å². The van der Waals surface area contributed by atoms with Gasteiger partial charge < -0.3 is 10.6 Å². The summed E-state index contributed by atoms with van der Waals surface area (Å²) in [6, 6.07) is 1.59. The maximum atomic E-state index is 12.1. The minimum absolute atomic E-state index is 0. The molecule has 25 heavy (non-hydrogen) atoms. The Bertz CT molecular complexity index is 834. The van der Waals surface area contributed by atoms with E-state index in [0.717, 1.165) is 6.42 Å². The van der Waals surface area contributed by atoms with Crippen molar-refractivity contribution in [3.8, 4) is 0 Å². The van der Waals surface area contributed by atoms with Crippen LogP contribution < -0.4 is 21.9 Å². The van der Waals surface area contributed by atoms with Crippen LogP contribution in [0.15, 0.2) is 21.9 Å². The van der Waals surface area contributed by atoms with Gasteiger partial charge in [0, 0.05) is 25.3 Å². The number of pyridine rings is 1. The number of aryl methyl sites for hydroxylation is 1. The van der Waals surface area contributed by atoms with Crippen LogP contribution in [0.3, 0.4) is 0 Å². The van der Waals surface area contributed by atoms with Gasteiger partial charge in [0.15, 0.2) is 0 Å². The van der Waals surface area contributed by atoms with E-state index in [9.17, 15) is 14.4 Å². The highest BCUT2D eigenvalue weighted by Gasteiger charge is 2.13. The molecule has 1 unspecified atom stereocenters. The predicted molar refractivity (Wildman–Crippen MR) is 102 cm³/mol. The second-order valence-electron chi connectivity index (χ2n) is 5.41. The monoisotopic (exact) mass is 391 g/mol. The van der Waals surface area contributed by atoms with Gasteiger partial charge in [0.2, 0.25) is 0 Å². The summed E-state index contributed by atoms with van der Waals surface area (Å²) >= 11 is 0. The van der Waals surface area contributed by atoms with Crippen LogP contribution in [0.1, 0.15) is 30.6 Å². The van der Waals surface area contributed by atoms with Crippen molar-refractivity contribution in [3.63, 3.8) is 0 Å². The Kier molecular flexibility index (Phi) is 9.40. The Morgan fingerprint density at radius 2 is 2.04 bits per heavy atom. The number of halogens is 2. The smallest absolute Gasteiger partial charge is 0.329 e. The molecule has 2 heterocycles. The number of fused-ring (bicyclic) bond motifs is 1. The molecular weight excluding hydrogens is 369 g/mol. The van der Waals surface area contributed by atoms with Gasteiger partial charge in [0.25, 0.3) is 11.5 Å². The molecule has 8 nitrogen and oxygen atoms in total. The first-order chi connectivity index (χ1) is 11.0. The highest BCUT2D eigenvalue weighted by molar-refractivity contribution is 5.96. The number of carbonyl (C=O) groups is 1. The molecule has 10 heteroatoms. The standard InChI is InChI=1S/C15H21N5O3.2ClH/c1-4-5-20-12-11(14(22)19-15(20)23)6-10(8-17-12)13(21)18-7-9(2)16-3;;/h6,8-9,16H,4-5,7H2,1-3H3,(H,18,21)(H,19,22,23);2*1H. The lowest BCUT2D eigenvalue weighted by atomic mass is 10.2. The van der Waals surface area contributed by atoms with Crippen molar-refractivity contribution in [2.24, 2.45) is 0 Å². The first-order valence-electron chi connectivity index (χ1n) is 7.56. The molecule has 3 N–H and O–H groups in total. The Hall–Kier alpha value is -1.90. The van der Waals surface area contributed by atoms with Crippen molar-refractivity contribution in [1.29, 1.82) is 0 Å². The van der Waals surface area contributed by atoms with Crippen LogP contribution in [-0.4, -0.2) is 40.1 Å². The summed E-state index contributed by atoms with van der Waals surface area (Å²) in [5.41, 5.74) is -0.450. The number of amides is 1. The number of hydrogen-bond acceptors (Lipinski definition) is 5. The zero-order valence-electron chi connectivity index (χ0n) is 14.3. The minimum atomic E-state index is -0.539. The zero-order valence-corrected chi connectivity index (χ0v) is 15.9. The third-order valence-electron chi connectivity index (χ3n) is 3.60. The summed E-state index contributed by atoms with van der Waals surface area (Å²) in [5, 5.41) is 6.01. The average molecular weight is 392 g/mol. The molecule has 0 bridgehead atoms. The van der Waals surface area contributed by atoms with Gasteiger partial charge in [-0.2, -0.15) is 0 Å². The van der Waals surface area contributed by atoms with Crippen LogP contribution in [0, 0.1) is 0 Å². The molecule has 0 saturated carbocycles. The first-order valence-corrected chi connectivity index (χ1v) is 7.56. The fourth-order valence-electron chi connectivity index (χ4n) is 2.17. The summed E-state index contributed by atoms with van der Waals surface area (Å²) in [6.07, 6.45) is 2.11. The first kappa shape index (κ1) is 23.1. The molecule has 1 atom stereocenters. The van der Waals surface area contributed by atoms with Crippen LogP contribution in [0.5, 0.6) is 0 Å². The van der Waals surface area contributed by atoms with Gasteiger partial charge in [-0.25, -0.2) is 9.78 Å². The zero-order chi connectivity index (χ0) is 17.0. The van der Waals surface area contributed by atoms with Gasteiger partial charge in [0.05, 0.1) is 10.9 Å². The molecule has 2 aromatic heterocycles. The maximum absolute atomic E-state index is 12.1. The van der Waals surface area contributed by atoms with E-state index in [0.29, 0.717) is 18.7 Å². The highest BCUT2D eigenvalue weighted by Crippen LogP contribution is 2.08. The fraction of sp³-hybridized carbons (Fsp3) is 0.467. The Morgan fingerprint density at radius 1 is 1.36 bits per heavy atom. The van der Waals surface area contributed by atoms with E-state index in [1.807, 2.05) is 13.8 Å². The fourth-order valence-corrected chi connectivity index (χ4v) is 2.17. The Labute approximate surface area is 157 Å². The van der Waals surface area contributed by atoms with E-state index < -0.39 is 11.2 Å². The average Bonchev–Trinajstić information content (AvgIpc) is 2.55. The Balaban J connectivity index is 0.00000288. The molecule has 0 saturated heterocycles. The molecule has 0 fully saturated rings. The van der Waals surface area contributed by atoms with Gasteiger partial charge in [-0.05, 0) is 26.5 Å². The van der Waals surface area contributed by atoms with E-state index in [4.69, 9.17) is 0 Å². The molecule has 1 amide bonds. The number of nitrogens with one attached hydrogen (secondary N) is 3. The van der Waals surface area contributed by atoms with Gasteiger partial charge in [-0.3, -0.25) is 19.1 Å². The van der Waals surface area contributed by atoms with Crippen molar-refractivity contribution in [1.82, 2.24) is 25.2 Å². The number of likely N-dealkylation sites (N-methyl/N-ethyl adjacent to an activating group) is 1. The second kappa shape index (κ2) is 10.2. The molecule has 0 aliphatic carbocycles. The topological polar surface area (TPSA) is 109 Å². The highest BCUT2D eigenvalue weighted by atomic mass is 35.5. The largest absolute Gasteiger partial charge is 0.350 e. The van der Waals surface area contributed by atoms with Gasteiger partial charge in [0.1, 0.15) is 5.65 Å². The van der Waals surface area contributed by atoms with E-state index in [1.54, 1.807) is 7.05 Å². The van der Waals surface area contributed by atoms with Gasteiger partial charge in [-0.15, -0.1) is 24.8 Å². The lowest BCUT2D eigenvalue weighted by Crippen LogP contribution is -2.37.